The summed E-state index contributed by atoms with van der Waals surface area (Å²) in [5.41, 5.74) is 2.34. The molecule has 0 aliphatic carbocycles. The van der Waals surface area contributed by atoms with Crippen molar-refractivity contribution < 1.29 is 23.1 Å². The fraction of sp³-hybridized carbons (Fsp3) is 0.176. The molecule has 24 heavy (non-hydrogen) atoms. The van der Waals surface area contributed by atoms with E-state index in [1.54, 1.807) is 6.07 Å². The molecule has 7 heteroatoms. The molecule has 1 N–H and O–H groups in total. The van der Waals surface area contributed by atoms with E-state index in [9.17, 15) is 13.6 Å². The highest BCUT2D eigenvalue weighted by Gasteiger charge is 2.04. The summed E-state index contributed by atoms with van der Waals surface area (Å²) >= 11 is 0. The molecule has 0 radical (unpaired) electrons. The van der Waals surface area contributed by atoms with Gasteiger partial charge in [-0.1, -0.05) is 17.3 Å². The second kappa shape index (κ2) is 8.61. The maximum absolute atomic E-state index is 12.0. The second-order valence-electron chi connectivity index (χ2n) is 4.87. The number of rotatable bonds is 7. The first-order valence-corrected chi connectivity index (χ1v) is 7.09. The van der Waals surface area contributed by atoms with E-state index in [2.05, 4.69) is 15.2 Å². The Kier molecular flexibility index (Phi) is 6.24. The zero-order valence-corrected chi connectivity index (χ0v) is 12.9. The summed E-state index contributed by atoms with van der Waals surface area (Å²) in [7, 11) is 0. The van der Waals surface area contributed by atoms with Gasteiger partial charge in [-0.25, -0.2) is 0 Å². The number of nitrogens with one attached hydrogen (secondary N) is 1. The van der Waals surface area contributed by atoms with Crippen LogP contribution in [0.15, 0.2) is 53.7 Å². The molecular weight excluding hydrogens is 318 g/mol. The van der Waals surface area contributed by atoms with Crippen LogP contribution in [0.25, 0.3) is 0 Å². The van der Waals surface area contributed by atoms with Crippen LogP contribution in [-0.4, -0.2) is 25.3 Å². The number of amides is 1. The first-order valence-electron chi connectivity index (χ1n) is 7.09. The summed E-state index contributed by atoms with van der Waals surface area (Å²) in [6.45, 7) is -1.18. The van der Waals surface area contributed by atoms with Gasteiger partial charge in [0, 0.05) is 5.69 Å². The number of aryl methyl sites for hydroxylation is 1. The number of nitrogens with zero attached hydrogens (tertiary/aromatic N) is 1. The molecular formula is C17H16F2N2O3. The smallest absolute Gasteiger partial charge is 0.387 e. The highest BCUT2D eigenvalue weighted by atomic mass is 19.3. The van der Waals surface area contributed by atoms with Crippen molar-refractivity contribution in [1.82, 2.24) is 0 Å². The Bertz CT molecular complexity index is 703. The van der Waals surface area contributed by atoms with Crippen molar-refractivity contribution in [2.45, 2.75) is 13.5 Å². The van der Waals surface area contributed by atoms with Gasteiger partial charge in [-0.3, -0.25) is 4.79 Å². The summed E-state index contributed by atoms with van der Waals surface area (Å²) in [5.74, 6) is -0.279. The number of carbonyl (C=O) groups excluding carboxylic acids is 1. The van der Waals surface area contributed by atoms with Crippen LogP contribution in [-0.2, 0) is 9.63 Å². The van der Waals surface area contributed by atoms with Crippen molar-refractivity contribution in [2.75, 3.05) is 11.9 Å². The van der Waals surface area contributed by atoms with Gasteiger partial charge in [0.1, 0.15) is 5.75 Å². The Morgan fingerprint density at radius 1 is 1.25 bits per heavy atom. The Morgan fingerprint density at radius 2 is 2.00 bits per heavy atom. The molecule has 0 bridgehead atoms. The average molecular weight is 334 g/mol. The summed E-state index contributed by atoms with van der Waals surface area (Å²) in [6, 6.07) is 13.2. The van der Waals surface area contributed by atoms with E-state index >= 15 is 0 Å². The third-order valence-corrected chi connectivity index (χ3v) is 2.88. The third-order valence-electron chi connectivity index (χ3n) is 2.88. The van der Waals surface area contributed by atoms with Gasteiger partial charge in [-0.05, 0) is 54.4 Å². The van der Waals surface area contributed by atoms with Crippen molar-refractivity contribution in [3.8, 4) is 5.75 Å². The number of benzene rings is 2. The van der Waals surface area contributed by atoms with Crippen molar-refractivity contribution in [2.24, 2.45) is 5.16 Å². The molecule has 126 valence electrons. The Morgan fingerprint density at radius 3 is 2.67 bits per heavy atom. The predicted octanol–water partition coefficient (Wildman–Crippen LogP) is 3.59. The molecule has 0 aliphatic heterocycles. The summed E-state index contributed by atoms with van der Waals surface area (Å²) < 4.78 is 28.3. The van der Waals surface area contributed by atoms with Gasteiger partial charge in [0.05, 0.1) is 6.21 Å². The second-order valence-corrected chi connectivity index (χ2v) is 4.87. The lowest BCUT2D eigenvalue weighted by Gasteiger charge is -2.05. The van der Waals surface area contributed by atoms with E-state index in [1.165, 1.54) is 30.5 Å². The molecule has 0 atom stereocenters. The first kappa shape index (κ1) is 17.4. The Hall–Kier alpha value is -2.96. The number of alkyl halides is 2. The number of carbonyl (C=O) groups is 1. The van der Waals surface area contributed by atoms with Crippen molar-refractivity contribution in [1.29, 1.82) is 0 Å². The molecule has 0 heterocycles. The normalized spacial score (nSPS) is 10.8. The maximum Gasteiger partial charge on any atom is 0.387 e. The van der Waals surface area contributed by atoms with Crippen LogP contribution in [0.4, 0.5) is 14.5 Å². The van der Waals surface area contributed by atoms with Crippen LogP contribution in [0.5, 0.6) is 5.75 Å². The minimum absolute atomic E-state index is 0.0561. The number of oxime groups is 1. The quantitative estimate of drug-likeness (QED) is 0.622. The van der Waals surface area contributed by atoms with Crippen LogP contribution in [0.2, 0.25) is 0 Å². The molecule has 1 amide bonds. The third kappa shape index (κ3) is 6.04. The summed E-state index contributed by atoms with van der Waals surface area (Å²) in [6.07, 6.45) is 1.37. The fourth-order valence-corrected chi connectivity index (χ4v) is 1.85. The van der Waals surface area contributed by atoms with E-state index in [-0.39, 0.29) is 18.3 Å². The molecule has 2 aromatic rings. The first-order chi connectivity index (χ1) is 11.5. The number of hydrogen-bond acceptors (Lipinski definition) is 4. The molecule has 0 spiro atoms. The maximum atomic E-state index is 12.0. The summed E-state index contributed by atoms with van der Waals surface area (Å²) in [4.78, 5) is 16.6. The van der Waals surface area contributed by atoms with Gasteiger partial charge in [-0.15, -0.1) is 0 Å². The molecule has 0 fully saturated rings. The van der Waals surface area contributed by atoms with Crippen LogP contribution >= 0.6 is 0 Å². The Labute approximate surface area is 137 Å². The van der Waals surface area contributed by atoms with Crippen LogP contribution in [0.1, 0.15) is 11.1 Å². The monoisotopic (exact) mass is 334 g/mol. The van der Waals surface area contributed by atoms with Crippen LogP contribution in [0, 0.1) is 6.92 Å². The fourth-order valence-electron chi connectivity index (χ4n) is 1.85. The molecule has 0 aromatic heterocycles. The molecule has 0 unspecified atom stereocenters. The lowest BCUT2D eigenvalue weighted by atomic mass is 10.2. The van der Waals surface area contributed by atoms with Crippen LogP contribution in [0.3, 0.4) is 0 Å². The molecule has 2 rings (SSSR count). The van der Waals surface area contributed by atoms with Crippen molar-refractivity contribution in [3.63, 3.8) is 0 Å². The molecule has 5 nitrogen and oxygen atoms in total. The zero-order chi connectivity index (χ0) is 17.4. The minimum atomic E-state index is -2.86. The average Bonchev–Trinajstić information content (AvgIpc) is 2.52. The van der Waals surface area contributed by atoms with Gasteiger partial charge in [0.2, 0.25) is 0 Å². The van der Waals surface area contributed by atoms with Gasteiger partial charge < -0.3 is 14.9 Å². The molecule has 0 saturated carbocycles. The topological polar surface area (TPSA) is 59.9 Å². The van der Waals surface area contributed by atoms with Gasteiger partial charge in [-0.2, -0.15) is 8.78 Å². The number of halogens is 2. The van der Waals surface area contributed by atoms with E-state index in [4.69, 9.17) is 4.84 Å². The molecule has 0 saturated heterocycles. The molecule has 0 aliphatic rings. The van der Waals surface area contributed by atoms with Gasteiger partial charge >= 0.3 is 6.61 Å². The van der Waals surface area contributed by atoms with Gasteiger partial charge in [0.25, 0.3) is 5.91 Å². The highest BCUT2D eigenvalue weighted by Crippen LogP contribution is 2.14. The standard InChI is InChI=1S/C17H16F2N2O3/c1-12-3-2-4-14(9-12)21-16(22)11-23-20-10-13-5-7-15(8-6-13)24-17(18)19/h2-10,17H,11H2,1H3,(H,21,22)/b20-10-. The van der Waals surface area contributed by atoms with E-state index < -0.39 is 6.61 Å². The zero-order valence-electron chi connectivity index (χ0n) is 12.9. The Balaban J connectivity index is 1.76. The van der Waals surface area contributed by atoms with E-state index in [0.717, 1.165) is 5.56 Å². The number of hydrogen-bond donors (Lipinski definition) is 1. The van der Waals surface area contributed by atoms with Crippen molar-refractivity contribution in [3.05, 3.63) is 59.7 Å². The predicted molar refractivity (Wildman–Crippen MR) is 86.4 cm³/mol. The van der Waals surface area contributed by atoms with Crippen LogP contribution < -0.4 is 10.1 Å². The minimum Gasteiger partial charge on any atom is -0.435 e. The SMILES string of the molecule is Cc1cccc(NC(=O)CO/N=C\c2ccc(OC(F)F)cc2)c1. The number of anilines is 1. The van der Waals surface area contributed by atoms with Gasteiger partial charge in [0.15, 0.2) is 6.61 Å². The van der Waals surface area contributed by atoms with Crippen molar-refractivity contribution >= 4 is 17.8 Å². The lowest BCUT2D eigenvalue weighted by molar-refractivity contribution is -0.120. The highest BCUT2D eigenvalue weighted by molar-refractivity contribution is 5.91. The van der Waals surface area contributed by atoms with E-state index in [0.29, 0.717) is 11.3 Å². The lowest BCUT2D eigenvalue weighted by Crippen LogP contribution is -2.16. The largest absolute Gasteiger partial charge is 0.435 e. The summed E-state index contributed by atoms with van der Waals surface area (Å²) in [5, 5.41) is 6.34. The number of ether oxygens (including phenoxy) is 1. The molecule has 2 aromatic carbocycles. The van der Waals surface area contributed by atoms with E-state index in [1.807, 2.05) is 25.1 Å².